The van der Waals surface area contributed by atoms with Gasteiger partial charge < -0.3 is 15.8 Å². The number of nitrogens with two attached hydrogens (primary N) is 1. The van der Waals surface area contributed by atoms with Crippen LogP contribution in [0.3, 0.4) is 0 Å². The molecule has 0 saturated heterocycles. The predicted octanol–water partition coefficient (Wildman–Crippen LogP) is 3.65. The fourth-order valence-corrected chi connectivity index (χ4v) is 4.81. The Balaban J connectivity index is 0.00000248. The Morgan fingerprint density at radius 3 is 2.58 bits per heavy atom. The van der Waals surface area contributed by atoms with Gasteiger partial charge in [-0.1, -0.05) is 30.3 Å². The normalized spacial score (nSPS) is 21.9. The highest BCUT2D eigenvalue weighted by atomic mass is 19.3. The Morgan fingerprint density at radius 2 is 1.95 bits per heavy atom. The topological polar surface area (TPSA) is 151 Å². The number of nitriles is 1. The predicted molar refractivity (Wildman–Crippen MR) is 158 cm³/mol. The van der Waals surface area contributed by atoms with E-state index < -0.39 is 18.4 Å². The van der Waals surface area contributed by atoms with E-state index in [1.54, 1.807) is 48.6 Å². The van der Waals surface area contributed by atoms with E-state index in [0.29, 0.717) is 35.9 Å². The van der Waals surface area contributed by atoms with E-state index in [2.05, 4.69) is 33.4 Å². The lowest BCUT2D eigenvalue weighted by Gasteiger charge is -2.37. The molecule has 4 rings (SSSR count). The summed E-state index contributed by atoms with van der Waals surface area (Å²) < 4.78 is 33.9. The molecule has 1 aliphatic carbocycles. The maximum absolute atomic E-state index is 13.7. The van der Waals surface area contributed by atoms with Crippen molar-refractivity contribution < 1.29 is 23.1 Å². The summed E-state index contributed by atoms with van der Waals surface area (Å²) in [6.07, 6.45) is 13.7. The second-order valence-corrected chi connectivity index (χ2v) is 10.1. The zero-order chi connectivity index (χ0) is 31.5. The lowest BCUT2D eigenvalue weighted by atomic mass is 9.77. The number of amides is 2. The third-order valence-corrected chi connectivity index (χ3v) is 6.86. The molecule has 13 heteroatoms. The van der Waals surface area contributed by atoms with Crippen LogP contribution in [-0.2, 0) is 16.0 Å². The first-order valence-corrected chi connectivity index (χ1v) is 13.6. The van der Waals surface area contributed by atoms with E-state index in [9.17, 15) is 18.4 Å². The number of hydrogen-bond acceptors (Lipinski definition) is 8. The molecule has 1 fully saturated rings. The number of alkyl halides is 2. The summed E-state index contributed by atoms with van der Waals surface area (Å²) in [5, 5.41) is 21.3. The Bertz CT molecular complexity index is 1430. The van der Waals surface area contributed by atoms with Gasteiger partial charge in [0, 0.05) is 31.3 Å². The molecular weight excluding hydrogens is 558 g/mol. The number of ether oxygens (including phenoxy) is 1. The number of halogens is 2. The molecule has 2 heterocycles. The summed E-state index contributed by atoms with van der Waals surface area (Å²) in [6.45, 7) is -0.841. The summed E-state index contributed by atoms with van der Waals surface area (Å²) in [5.74, 6) is -0.729. The fraction of sp³-hybridized carbons (Fsp3) is 0.400. The number of nitrogens with zero attached hydrogens (tertiary/aromatic N) is 6. The molecule has 2 aliphatic rings. The van der Waals surface area contributed by atoms with Gasteiger partial charge in [0.25, 0.3) is 11.8 Å². The molecule has 1 atom stereocenters. The van der Waals surface area contributed by atoms with E-state index in [-0.39, 0.29) is 54.0 Å². The van der Waals surface area contributed by atoms with Crippen LogP contribution in [0.2, 0.25) is 0 Å². The molecule has 0 bridgehead atoms. The minimum atomic E-state index is -2.93. The molecule has 43 heavy (non-hydrogen) atoms. The Labute approximate surface area is 249 Å². The highest BCUT2D eigenvalue weighted by Crippen LogP contribution is 2.33. The van der Waals surface area contributed by atoms with Gasteiger partial charge in [-0.3, -0.25) is 14.6 Å². The van der Waals surface area contributed by atoms with Crippen LogP contribution in [-0.4, -0.2) is 64.6 Å². The van der Waals surface area contributed by atoms with Crippen molar-refractivity contribution >= 4 is 23.9 Å². The number of carbonyl (C=O) groups excluding carboxylic acids is 2. The summed E-state index contributed by atoms with van der Waals surface area (Å²) in [5.41, 5.74) is 6.99. The maximum atomic E-state index is 13.7. The number of allylic oxidation sites excluding steroid dienone is 1. The second-order valence-electron chi connectivity index (χ2n) is 10.1. The molecule has 1 aliphatic heterocycles. The summed E-state index contributed by atoms with van der Waals surface area (Å²) in [4.78, 5) is 29.2. The van der Waals surface area contributed by atoms with Crippen LogP contribution < -0.4 is 11.1 Å². The lowest BCUT2D eigenvalue weighted by Crippen LogP contribution is -2.45. The van der Waals surface area contributed by atoms with E-state index in [1.165, 1.54) is 6.07 Å². The first-order valence-electron chi connectivity index (χ1n) is 13.6. The van der Waals surface area contributed by atoms with Crippen molar-refractivity contribution in [2.45, 2.75) is 57.7 Å². The van der Waals surface area contributed by atoms with Crippen LogP contribution in [0.4, 0.5) is 8.78 Å². The standard InChI is InChI=1S/C28H32F2N8O3.C2H2/c1-17(41-27-22(25(32)39)4-3-11-34-37(2)16-33-27)12-19-13-21(14-19)35-26(40)23-15-24(38(36-23)28(29)30)20-7-5-18(6-8-20)9-10-31;1-2/h4-8,11,15,17,19,21,28H,3,9,12-14,16H2,1-2H3,(H2,32,39)(H,35,40);1-2H/b22-4-,33-27+,34-11-;/t17-,19?,21?;/m0./s1. The van der Waals surface area contributed by atoms with Crippen LogP contribution in [0.5, 0.6) is 0 Å². The number of primary amides is 1. The van der Waals surface area contributed by atoms with Gasteiger partial charge in [0.2, 0.25) is 5.90 Å². The van der Waals surface area contributed by atoms with Gasteiger partial charge in [0.05, 0.1) is 29.9 Å². The van der Waals surface area contributed by atoms with Gasteiger partial charge >= 0.3 is 6.55 Å². The van der Waals surface area contributed by atoms with Crippen molar-refractivity contribution in [2.24, 2.45) is 21.7 Å². The van der Waals surface area contributed by atoms with Crippen LogP contribution in [0, 0.1) is 30.1 Å². The van der Waals surface area contributed by atoms with E-state index in [4.69, 9.17) is 15.7 Å². The molecule has 0 spiro atoms. The third kappa shape index (κ3) is 8.72. The van der Waals surface area contributed by atoms with Gasteiger partial charge in [-0.15, -0.1) is 12.8 Å². The monoisotopic (exact) mass is 592 g/mol. The van der Waals surface area contributed by atoms with Crippen molar-refractivity contribution in [1.29, 1.82) is 5.26 Å². The van der Waals surface area contributed by atoms with E-state index in [0.717, 1.165) is 5.56 Å². The molecule has 226 valence electrons. The van der Waals surface area contributed by atoms with Crippen molar-refractivity contribution in [1.82, 2.24) is 20.1 Å². The number of rotatable bonds is 9. The average molecular weight is 593 g/mol. The lowest BCUT2D eigenvalue weighted by molar-refractivity contribution is -0.114. The van der Waals surface area contributed by atoms with Crippen molar-refractivity contribution in [3.63, 3.8) is 0 Å². The number of benzene rings is 1. The fourth-order valence-electron chi connectivity index (χ4n) is 4.81. The van der Waals surface area contributed by atoms with Gasteiger partial charge in [0.15, 0.2) is 5.69 Å². The average Bonchev–Trinajstić information content (AvgIpc) is 3.44. The number of aliphatic imine (C=N–C) groups is 1. The first-order chi connectivity index (χ1) is 20.6. The number of nitrogens with one attached hydrogen (secondary N) is 1. The number of terminal acetylenes is 1. The van der Waals surface area contributed by atoms with E-state index in [1.807, 2.05) is 13.0 Å². The molecule has 1 saturated carbocycles. The first kappa shape index (κ1) is 32.5. The molecule has 2 amide bonds. The molecule has 1 aromatic heterocycles. The van der Waals surface area contributed by atoms with Gasteiger partial charge in [-0.25, -0.2) is 9.67 Å². The highest BCUT2D eigenvalue weighted by molar-refractivity contribution is 6.18. The van der Waals surface area contributed by atoms with Crippen molar-refractivity contribution in [3.05, 3.63) is 53.2 Å². The van der Waals surface area contributed by atoms with E-state index >= 15 is 0 Å². The quantitative estimate of drug-likeness (QED) is 0.424. The Kier molecular flexibility index (Phi) is 11.5. The largest absolute Gasteiger partial charge is 0.474 e. The summed E-state index contributed by atoms with van der Waals surface area (Å²) in [7, 11) is 1.76. The van der Waals surface area contributed by atoms with Crippen LogP contribution in [0.15, 0.2) is 52.1 Å². The molecule has 0 unspecified atom stereocenters. The van der Waals surface area contributed by atoms with Crippen LogP contribution in [0.1, 0.15) is 55.2 Å². The molecule has 2 aromatic rings. The number of hydrogen-bond donors (Lipinski definition) is 2. The molecule has 0 radical (unpaired) electrons. The minimum absolute atomic E-state index is 0.0977. The summed E-state index contributed by atoms with van der Waals surface area (Å²) in [6, 6.07) is 9.88. The van der Waals surface area contributed by atoms with Crippen LogP contribution >= 0.6 is 0 Å². The van der Waals surface area contributed by atoms with Crippen molar-refractivity contribution in [2.75, 3.05) is 13.7 Å². The SMILES string of the molecule is C#C.C[C@@H](CC1CC(NC(=O)c2cc(-c3ccc(CC#N)cc3)n(C(F)F)n2)C1)OC1=N/CN(C)/N=C\C/C=C\1C(N)=O. The molecular formula is C30H34F2N8O3. The smallest absolute Gasteiger partial charge is 0.333 e. The minimum Gasteiger partial charge on any atom is -0.474 e. The molecule has 1 aromatic carbocycles. The Hall–Kier alpha value is -5.04. The Morgan fingerprint density at radius 1 is 1.26 bits per heavy atom. The van der Waals surface area contributed by atoms with Gasteiger partial charge in [0.1, 0.15) is 6.67 Å². The molecule has 11 nitrogen and oxygen atoms in total. The third-order valence-electron chi connectivity index (χ3n) is 6.86. The highest BCUT2D eigenvalue weighted by Gasteiger charge is 2.33. The van der Waals surface area contributed by atoms with Gasteiger partial charge in [-0.2, -0.15) is 24.2 Å². The second kappa shape index (κ2) is 15.3. The van der Waals surface area contributed by atoms with Gasteiger partial charge in [-0.05, 0) is 43.7 Å². The zero-order valence-electron chi connectivity index (χ0n) is 24.0. The van der Waals surface area contributed by atoms with Crippen molar-refractivity contribution in [3.8, 4) is 30.2 Å². The van der Waals surface area contributed by atoms with Crippen LogP contribution in [0.25, 0.3) is 11.3 Å². The molecule has 3 N–H and O–H groups in total. The summed E-state index contributed by atoms with van der Waals surface area (Å²) >= 11 is 0. The number of aromatic nitrogens is 2. The zero-order valence-corrected chi connectivity index (χ0v) is 24.0. The number of hydrazone groups is 1. The maximum Gasteiger partial charge on any atom is 0.333 e. The number of carbonyl (C=O) groups is 2.